The Morgan fingerprint density at radius 1 is 0.786 bits per heavy atom. The van der Waals surface area contributed by atoms with E-state index in [-0.39, 0.29) is 6.42 Å². The quantitative estimate of drug-likeness (QED) is 0.136. The normalized spacial score (nSPS) is 12.4. The Labute approximate surface area is 173 Å². The van der Waals surface area contributed by atoms with Gasteiger partial charge in [-0.2, -0.15) is 0 Å². The summed E-state index contributed by atoms with van der Waals surface area (Å²) in [6, 6.07) is 0. The fourth-order valence-corrected chi connectivity index (χ4v) is 3.23. The second kappa shape index (κ2) is 20.4. The number of esters is 1. The summed E-state index contributed by atoms with van der Waals surface area (Å²) in [5.74, 6) is -2.02. The van der Waals surface area contributed by atoms with Gasteiger partial charge in [0, 0.05) is 0 Å². The Morgan fingerprint density at radius 3 is 1.82 bits per heavy atom. The third-order valence-corrected chi connectivity index (χ3v) is 5.04. The summed E-state index contributed by atoms with van der Waals surface area (Å²) >= 11 is 0. The lowest BCUT2D eigenvalue weighted by Gasteiger charge is -2.09. The van der Waals surface area contributed by atoms with Crippen LogP contribution in [0.2, 0.25) is 0 Å². The lowest BCUT2D eigenvalue weighted by atomic mass is 10.0. The van der Waals surface area contributed by atoms with E-state index in [1.165, 1.54) is 70.6 Å². The van der Waals surface area contributed by atoms with E-state index in [4.69, 9.17) is 4.74 Å². The van der Waals surface area contributed by atoms with Crippen molar-refractivity contribution in [3.05, 3.63) is 12.2 Å². The molecular weight excluding hydrogens is 352 g/mol. The van der Waals surface area contributed by atoms with Gasteiger partial charge in [0.25, 0.3) is 0 Å². The van der Waals surface area contributed by atoms with Crippen LogP contribution in [0.4, 0.5) is 0 Å². The maximum absolute atomic E-state index is 11.6. The van der Waals surface area contributed by atoms with Crippen LogP contribution in [-0.2, 0) is 14.3 Å². The highest BCUT2D eigenvalue weighted by Gasteiger charge is 2.20. The molecule has 0 radical (unpaired) electrons. The van der Waals surface area contributed by atoms with Crippen LogP contribution in [0.5, 0.6) is 0 Å². The number of carboxylic acid groups (broad SMARTS) is 1. The van der Waals surface area contributed by atoms with Crippen molar-refractivity contribution in [1.29, 1.82) is 0 Å². The van der Waals surface area contributed by atoms with E-state index in [0.29, 0.717) is 13.0 Å². The number of ether oxygens (including phenoxy) is 1. The van der Waals surface area contributed by atoms with Crippen LogP contribution >= 0.6 is 0 Å². The standard InChI is InChI=1S/C24H44O4/c1-3-5-6-7-8-9-10-11-12-13-14-15-16-17-18-19-22(24(26)27)21-23(25)28-20-4-2/h17-18,22H,3-16,19-21H2,1-2H3,(H,26,27)/b18-17+. The Balaban J connectivity index is 3.56. The van der Waals surface area contributed by atoms with E-state index in [1.54, 1.807) is 0 Å². The monoisotopic (exact) mass is 396 g/mol. The molecule has 0 rings (SSSR count). The van der Waals surface area contributed by atoms with E-state index in [1.807, 2.05) is 13.0 Å². The van der Waals surface area contributed by atoms with Gasteiger partial charge in [0.2, 0.25) is 0 Å². The lowest BCUT2D eigenvalue weighted by molar-refractivity contribution is -0.151. The number of hydrogen-bond donors (Lipinski definition) is 1. The number of carboxylic acids is 1. The average Bonchev–Trinajstić information content (AvgIpc) is 2.68. The smallest absolute Gasteiger partial charge is 0.307 e. The SMILES string of the molecule is CCCCCCCCCCCCCC/C=C/CC(CC(=O)OCCC)C(=O)O. The van der Waals surface area contributed by atoms with Crippen molar-refractivity contribution in [2.24, 2.45) is 5.92 Å². The Kier molecular flexibility index (Phi) is 19.5. The van der Waals surface area contributed by atoms with E-state index in [0.717, 1.165) is 19.3 Å². The predicted molar refractivity (Wildman–Crippen MR) is 116 cm³/mol. The molecule has 0 aromatic carbocycles. The maximum Gasteiger partial charge on any atom is 0.307 e. The molecule has 0 saturated heterocycles. The first-order valence-corrected chi connectivity index (χ1v) is 11.6. The van der Waals surface area contributed by atoms with Gasteiger partial charge in [-0.25, -0.2) is 0 Å². The molecule has 0 spiro atoms. The number of hydrogen-bond acceptors (Lipinski definition) is 3. The average molecular weight is 397 g/mol. The molecule has 0 aromatic heterocycles. The van der Waals surface area contributed by atoms with Crippen molar-refractivity contribution >= 4 is 11.9 Å². The number of unbranched alkanes of at least 4 members (excludes halogenated alkanes) is 12. The highest BCUT2D eigenvalue weighted by Crippen LogP contribution is 2.14. The molecule has 0 heterocycles. The first-order valence-electron chi connectivity index (χ1n) is 11.6. The summed E-state index contributed by atoms with van der Waals surface area (Å²) < 4.78 is 4.97. The fourth-order valence-electron chi connectivity index (χ4n) is 3.23. The minimum absolute atomic E-state index is 0.0434. The van der Waals surface area contributed by atoms with Crippen molar-refractivity contribution in [2.75, 3.05) is 6.61 Å². The van der Waals surface area contributed by atoms with E-state index < -0.39 is 17.9 Å². The molecule has 0 amide bonds. The minimum Gasteiger partial charge on any atom is -0.481 e. The summed E-state index contributed by atoms with van der Waals surface area (Å²) in [7, 11) is 0. The molecule has 0 aliphatic rings. The van der Waals surface area contributed by atoms with E-state index in [2.05, 4.69) is 13.0 Å². The molecular formula is C24H44O4. The molecule has 28 heavy (non-hydrogen) atoms. The summed E-state index contributed by atoms with van der Waals surface area (Å²) in [6.07, 6.45) is 22.1. The van der Waals surface area contributed by atoms with Crippen molar-refractivity contribution in [3.63, 3.8) is 0 Å². The zero-order chi connectivity index (χ0) is 20.9. The van der Waals surface area contributed by atoms with Crippen LogP contribution in [-0.4, -0.2) is 23.7 Å². The molecule has 0 aliphatic heterocycles. The van der Waals surface area contributed by atoms with E-state index in [9.17, 15) is 14.7 Å². The zero-order valence-electron chi connectivity index (χ0n) is 18.4. The van der Waals surface area contributed by atoms with Crippen molar-refractivity contribution in [3.8, 4) is 0 Å². The highest BCUT2D eigenvalue weighted by molar-refractivity contribution is 5.78. The second-order valence-corrected chi connectivity index (χ2v) is 7.84. The van der Waals surface area contributed by atoms with Gasteiger partial charge in [0.05, 0.1) is 18.9 Å². The van der Waals surface area contributed by atoms with Gasteiger partial charge in [0.15, 0.2) is 0 Å². The summed E-state index contributed by atoms with van der Waals surface area (Å²) in [5, 5.41) is 9.22. The van der Waals surface area contributed by atoms with Crippen LogP contribution in [0.3, 0.4) is 0 Å². The van der Waals surface area contributed by atoms with Crippen LogP contribution in [0.1, 0.15) is 117 Å². The molecule has 1 unspecified atom stereocenters. The van der Waals surface area contributed by atoms with Crippen LogP contribution < -0.4 is 0 Å². The van der Waals surface area contributed by atoms with Crippen LogP contribution in [0.15, 0.2) is 12.2 Å². The van der Waals surface area contributed by atoms with Gasteiger partial charge in [-0.3, -0.25) is 9.59 Å². The largest absolute Gasteiger partial charge is 0.481 e. The van der Waals surface area contributed by atoms with Crippen LogP contribution in [0.25, 0.3) is 0 Å². The number of rotatable bonds is 20. The minimum atomic E-state index is -0.927. The summed E-state index contributed by atoms with van der Waals surface area (Å²) in [6.45, 7) is 4.54. The number of carbonyl (C=O) groups excluding carboxylic acids is 1. The molecule has 4 heteroatoms. The van der Waals surface area contributed by atoms with Crippen LogP contribution in [0, 0.1) is 5.92 Å². The molecule has 0 aromatic rings. The lowest BCUT2D eigenvalue weighted by Crippen LogP contribution is -2.19. The molecule has 1 N–H and O–H groups in total. The van der Waals surface area contributed by atoms with Gasteiger partial charge in [-0.1, -0.05) is 96.6 Å². The van der Waals surface area contributed by atoms with Crippen molar-refractivity contribution in [2.45, 2.75) is 117 Å². The van der Waals surface area contributed by atoms with Gasteiger partial charge in [0.1, 0.15) is 0 Å². The highest BCUT2D eigenvalue weighted by atomic mass is 16.5. The fraction of sp³-hybridized carbons (Fsp3) is 0.833. The molecule has 0 saturated carbocycles. The van der Waals surface area contributed by atoms with E-state index >= 15 is 0 Å². The summed E-state index contributed by atoms with van der Waals surface area (Å²) in [5.41, 5.74) is 0. The Morgan fingerprint density at radius 2 is 1.32 bits per heavy atom. The molecule has 0 aliphatic carbocycles. The zero-order valence-corrected chi connectivity index (χ0v) is 18.4. The van der Waals surface area contributed by atoms with Gasteiger partial charge in [-0.15, -0.1) is 0 Å². The Bertz CT molecular complexity index is 403. The van der Waals surface area contributed by atoms with Gasteiger partial charge < -0.3 is 9.84 Å². The van der Waals surface area contributed by atoms with Gasteiger partial charge >= 0.3 is 11.9 Å². The third kappa shape index (κ3) is 18.1. The number of carbonyl (C=O) groups is 2. The Hall–Kier alpha value is -1.32. The number of allylic oxidation sites excluding steroid dienone is 2. The molecule has 4 nitrogen and oxygen atoms in total. The second-order valence-electron chi connectivity index (χ2n) is 7.84. The first kappa shape index (κ1) is 26.7. The topological polar surface area (TPSA) is 63.6 Å². The maximum atomic E-state index is 11.6. The third-order valence-electron chi connectivity index (χ3n) is 5.04. The summed E-state index contributed by atoms with van der Waals surface area (Å²) in [4.78, 5) is 22.8. The predicted octanol–water partition coefficient (Wildman–Crippen LogP) is 7.07. The molecule has 0 bridgehead atoms. The molecule has 164 valence electrons. The van der Waals surface area contributed by atoms with Crippen molar-refractivity contribution in [1.82, 2.24) is 0 Å². The van der Waals surface area contributed by atoms with Crippen molar-refractivity contribution < 1.29 is 19.4 Å². The first-order chi connectivity index (χ1) is 13.6. The molecule has 0 fully saturated rings. The molecule has 1 atom stereocenters. The van der Waals surface area contributed by atoms with Gasteiger partial charge in [-0.05, 0) is 25.7 Å². The number of aliphatic carboxylic acids is 1.